The Morgan fingerprint density at radius 1 is 0.215 bits per heavy atom. The van der Waals surface area contributed by atoms with Gasteiger partial charge in [-0.2, -0.15) is 0 Å². The maximum atomic E-state index is 5.06. The van der Waals surface area contributed by atoms with Gasteiger partial charge in [0.25, 0.3) is 0 Å². The van der Waals surface area contributed by atoms with E-state index in [0.717, 1.165) is 36.9 Å². The summed E-state index contributed by atoms with van der Waals surface area (Å²) >= 11 is 5.34. The molecule has 0 bridgehead atoms. The number of benzene rings is 15. The zero-order chi connectivity index (χ0) is 60.6. The molecule has 0 unspecified atom stereocenters. The van der Waals surface area contributed by atoms with Crippen LogP contribution < -0.4 is 0 Å². The summed E-state index contributed by atoms with van der Waals surface area (Å²) in [5.41, 5.74) is 7.75. The first-order chi connectivity index (χ1) is 46.1. The average Bonchev–Trinajstić information content (AvgIpc) is 1.66. The van der Waals surface area contributed by atoms with Gasteiger partial charge in [0.15, 0.2) is 17.5 Å². The molecule has 428 valence electrons. The van der Waals surface area contributed by atoms with Gasteiger partial charge in [-0.15, -0.1) is 34.0 Å². The molecule has 0 spiro atoms. The number of nitrogens with zero attached hydrogens (tertiary/aromatic N) is 7. The van der Waals surface area contributed by atoms with E-state index in [1.807, 2.05) is 103 Å². The lowest BCUT2D eigenvalue weighted by Crippen LogP contribution is -2.00. The van der Waals surface area contributed by atoms with E-state index in [-0.39, 0.29) is 0 Å². The van der Waals surface area contributed by atoms with Gasteiger partial charge in [-0.25, -0.2) is 29.9 Å². The molecule has 93 heavy (non-hydrogen) atoms. The molecule has 15 aromatic carbocycles. The van der Waals surface area contributed by atoms with Crippen LogP contribution in [0.15, 0.2) is 261 Å². The van der Waals surface area contributed by atoms with Gasteiger partial charge in [-0.1, -0.05) is 188 Å². The first-order valence-corrected chi connectivity index (χ1v) is 33.5. The van der Waals surface area contributed by atoms with Gasteiger partial charge in [-0.05, 0) is 151 Å². The van der Waals surface area contributed by atoms with Crippen molar-refractivity contribution in [3.63, 3.8) is 0 Å². The number of hydrogen-bond donors (Lipinski definition) is 0. The topological polar surface area (TPSA) is 90.2 Å². The second-order valence-electron chi connectivity index (χ2n) is 24.1. The molecule has 0 aliphatic carbocycles. The normalized spacial score (nSPS) is 12.3. The third-order valence-corrected chi connectivity index (χ3v) is 22.6. The Balaban J connectivity index is 0.0000000961. The molecule has 0 aliphatic rings. The molecule has 23 aromatic rings. The maximum absolute atomic E-state index is 5.06. The van der Waals surface area contributed by atoms with Gasteiger partial charge in [0, 0.05) is 99.0 Å². The van der Waals surface area contributed by atoms with Gasteiger partial charge >= 0.3 is 0 Å². The quantitative estimate of drug-likeness (QED) is 0.125. The van der Waals surface area contributed by atoms with Gasteiger partial charge in [0.2, 0.25) is 0 Å². The minimum atomic E-state index is 0.667. The third-order valence-electron chi connectivity index (χ3n) is 19.2. The van der Waals surface area contributed by atoms with Crippen LogP contribution in [0, 0.1) is 0 Å². The Morgan fingerprint density at radius 3 is 1.02 bits per heavy atom. The summed E-state index contributed by atoms with van der Waals surface area (Å²) in [6.45, 7) is 0. The molecule has 7 nitrogen and oxygen atoms in total. The van der Waals surface area contributed by atoms with Crippen molar-refractivity contribution in [2.24, 2.45) is 0 Å². The van der Waals surface area contributed by atoms with E-state index in [0.29, 0.717) is 17.5 Å². The molecule has 23 rings (SSSR count). The predicted octanol–water partition coefficient (Wildman–Crippen LogP) is 23.3. The fourth-order valence-electron chi connectivity index (χ4n) is 15.4. The van der Waals surface area contributed by atoms with Crippen LogP contribution in [-0.4, -0.2) is 34.9 Å². The maximum Gasteiger partial charge on any atom is 0.165 e. The number of aromatic nitrogens is 7. The van der Waals surface area contributed by atoms with Gasteiger partial charge in [-0.3, -0.25) is 4.98 Å². The number of pyridine rings is 4. The Kier molecular flexibility index (Phi) is 10.7. The highest BCUT2D eigenvalue weighted by atomic mass is 32.1. The lowest BCUT2D eigenvalue weighted by Gasteiger charge is -2.15. The van der Waals surface area contributed by atoms with Crippen molar-refractivity contribution < 1.29 is 0 Å². The SMILES string of the molecule is c1ccc(-c2cc3ccc4cccc5c6ccnc7sc2c(c76)c3c45)cc1.c1ccc(-c2cc3ccc4cccc5c6ccnc7sc2c(c76)c3c45)nc1.c1ccc(-c2nc(-c3ccccc3)nc(-c3cc4ccc5cccc6c7ccnc8sc3c(c87)c4c56)n2)cc1. The largest absolute Gasteiger partial charge is 0.256 e. The molecule has 0 fully saturated rings. The number of rotatable bonds is 5. The first kappa shape index (κ1) is 51.2. The van der Waals surface area contributed by atoms with Crippen molar-refractivity contribution in [2.75, 3.05) is 0 Å². The molecule has 0 N–H and O–H groups in total. The summed E-state index contributed by atoms with van der Waals surface area (Å²) in [4.78, 5) is 37.2. The van der Waals surface area contributed by atoms with E-state index < -0.39 is 0 Å². The van der Waals surface area contributed by atoms with E-state index in [1.165, 1.54) is 160 Å². The molecule has 0 atom stereocenters. The highest BCUT2D eigenvalue weighted by Crippen LogP contribution is 2.54. The average molecular weight is 1230 g/mol. The van der Waals surface area contributed by atoms with Crippen LogP contribution in [0.5, 0.6) is 0 Å². The summed E-state index contributed by atoms with van der Waals surface area (Å²) < 4.78 is 3.81. The van der Waals surface area contributed by atoms with Crippen molar-refractivity contribution in [2.45, 2.75) is 0 Å². The summed E-state index contributed by atoms with van der Waals surface area (Å²) in [5, 5.41) is 31.4. The van der Waals surface area contributed by atoms with Crippen molar-refractivity contribution in [1.82, 2.24) is 34.9 Å². The van der Waals surface area contributed by atoms with E-state index in [4.69, 9.17) is 29.9 Å². The highest BCUT2D eigenvalue weighted by molar-refractivity contribution is 7.27. The molecule has 0 aliphatic heterocycles. The highest BCUT2D eigenvalue weighted by Gasteiger charge is 2.27. The zero-order valence-electron chi connectivity index (χ0n) is 49.2. The van der Waals surface area contributed by atoms with Crippen LogP contribution in [0.1, 0.15) is 0 Å². The smallest absolute Gasteiger partial charge is 0.165 e. The lowest BCUT2D eigenvalue weighted by molar-refractivity contribution is 1.08. The minimum absolute atomic E-state index is 0.667. The molecular formula is C83H43N7S3. The Labute approximate surface area is 540 Å². The predicted molar refractivity (Wildman–Crippen MR) is 394 cm³/mol. The number of fused-ring (bicyclic) bond motifs is 3. The molecule has 0 radical (unpaired) electrons. The molecule has 0 amide bonds. The Morgan fingerprint density at radius 2 is 0.581 bits per heavy atom. The minimum Gasteiger partial charge on any atom is -0.256 e. The van der Waals surface area contributed by atoms with E-state index in [9.17, 15) is 0 Å². The van der Waals surface area contributed by atoms with E-state index in [2.05, 4.69) is 175 Å². The van der Waals surface area contributed by atoms with Gasteiger partial charge < -0.3 is 0 Å². The van der Waals surface area contributed by atoms with Crippen LogP contribution in [0.25, 0.3) is 214 Å². The van der Waals surface area contributed by atoms with Crippen LogP contribution in [0.2, 0.25) is 0 Å². The van der Waals surface area contributed by atoms with Crippen molar-refractivity contribution in [3.05, 3.63) is 261 Å². The fraction of sp³-hybridized carbons (Fsp3) is 0. The molecule has 10 heteroatoms. The van der Waals surface area contributed by atoms with Gasteiger partial charge in [0.05, 0.1) is 5.69 Å². The van der Waals surface area contributed by atoms with Crippen LogP contribution >= 0.6 is 34.0 Å². The standard InChI is InChI=1S/C34H18N4S.C25H13NS.C24H12N2S/c1-3-8-20(9-4-1)31-36-32(21-10-5-2-6-11-21)38-33(37-31)25-18-22-15-14-19-12-7-13-23-24-16-17-35-34-28(24)29(30(25)39-34)27(22)26(19)23;1-2-5-14(6-3-1)19-13-16-10-9-15-7-4-8-17-18-11-12-26-25-22(18)23(24(19)27-25)21(16)20(15)17;1-2-10-25-18(6-1)17-12-14-8-7-13-4-3-5-15-16-9-11-26-24-21(16)22(23(17)27-24)20(14)19(13)15/h1-18H;1-13H;1-12H. The Hall–Kier alpha value is -11.5. The number of thiophene rings is 3. The molecule has 0 saturated carbocycles. The number of hydrogen-bond acceptors (Lipinski definition) is 10. The summed E-state index contributed by atoms with van der Waals surface area (Å²) in [7, 11) is 0. The summed E-state index contributed by atoms with van der Waals surface area (Å²) in [6.07, 6.45) is 7.70. The van der Waals surface area contributed by atoms with Crippen LogP contribution in [-0.2, 0) is 0 Å². The summed E-state index contributed by atoms with van der Waals surface area (Å²) in [5.74, 6) is 2.01. The third kappa shape index (κ3) is 7.36. The Bertz CT molecular complexity index is 6540. The van der Waals surface area contributed by atoms with Gasteiger partial charge in [0.1, 0.15) is 14.5 Å². The van der Waals surface area contributed by atoms with Crippen molar-refractivity contribution >= 4 is 192 Å². The molecular weight excluding hydrogens is 1190 g/mol. The van der Waals surface area contributed by atoms with Crippen LogP contribution in [0.3, 0.4) is 0 Å². The lowest BCUT2D eigenvalue weighted by atomic mass is 9.88. The van der Waals surface area contributed by atoms with Crippen LogP contribution in [0.4, 0.5) is 0 Å². The fourth-order valence-corrected chi connectivity index (χ4v) is 19.0. The molecule has 0 saturated heterocycles. The summed E-state index contributed by atoms with van der Waals surface area (Å²) in [6, 6.07) is 83.9. The second kappa shape index (κ2) is 19.5. The van der Waals surface area contributed by atoms with E-state index in [1.54, 1.807) is 22.7 Å². The second-order valence-corrected chi connectivity index (χ2v) is 27.1. The van der Waals surface area contributed by atoms with Crippen molar-refractivity contribution in [3.8, 4) is 56.5 Å². The molecule has 8 aromatic heterocycles. The molecule has 8 heterocycles. The van der Waals surface area contributed by atoms with E-state index >= 15 is 0 Å². The first-order valence-electron chi connectivity index (χ1n) is 31.1. The monoisotopic (exact) mass is 1230 g/mol. The van der Waals surface area contributed by atoms with Crippen molar-refractivity contribution in [1.29, 1.82) is 0 Å². The zero-order valence-corrected chi connectivity index (χ0v) is 51.6.